The summed E-state index contributed by atoms with van der Waals surface area (Å²) < 4.78 is 0. The van der Waals surface area contributed by atoms with E-state index in [1.807, 2.05) is 7.05 Å². The van der Waals surface area contributed by atoms with Crippen LogP contribution in [-0.4, -0.2) is 42.9 Å². The van der Waals surface area contributed by atoms with E-state index in [2.05, 4.69) is 44.8 Å². The molecule has 1 heterocycles. The lowest BCUT2D eigenvalue weighted by Crippen LogP contribution is -2.45. The minimum atomic E-state index is 0. The van der Waals surface area contributed by atoms with Crippen LogP contribution in [0.3, 0.4) is 0 Å². The van der Waals surface area contributed by atoms with E-state index >= 15 is 0 Å². The summed E-state index contributed by atoms with van der Waals surface area (Å²) in [7, 11) is 1.81. The van der Waals surface area contributed by atoms with E-state index in [9.17, 15) is 4.79 Å². The summed E-state index contributed by atoms with van der Waals surface area (Å²) in [6, 6.07) is 8.98. The molecule has 5 nitrogen and oxygen atoms in total. The maximum atomic E-state index is 12.1. The van der Waals surface area contributed by atoms with Crippen molar-refractivity contribution < 1.29 is 4.79 Å². The summed E-state index contributed by atoms with van der Waals surface area (Å²) >= 11 is 0. The minimum Gasteiger partial charge on any atom is -0.356 e. The zero-order valence-electron chi connectivity index (χ0n) is 15.7. The monoisotopic (exact) mass is 470 g/mol. The highest BCUT2D eigenvalue weighted by molar-refractivity contribution is 14.0. The van der Waals surface area contributed by atoms with Crippen LogP contribution < -0.4 is 10.6 Å². The van der Waals surface area contributed by atoms with Gasteiger partial charge in [-0.1, -0.05) is 43.5 Å². The Kier molecular flexibility index (Phi) is 8.68. The van der Waals surface area contributed by atoms with E-state index in [0.717, 1.165) is 38.3 Å². The number of amides is 1. The second-order valence-corrected chi connectivity index (χ2v) is 7.07. The Labute approximate surface area is 174 Å². The molecule has 2 N–H and O–H groups in total. The molecule has 0 aromatic heterocycles. The van der Waals surface area contributed by atoms with Gasteiger partial charge in [-0.25, -0.2) is 0 Å². The topological polar surface area (TPSA) is 56.7 Å². The second-order valence-electron chi connectivity index (χ2n) is 7.07. The molecule has 6 heteroatoms. The molecule has 0 radical (unpaired) electrons. The molecule has 1 amide bonds. The quantitative estimate of drug-likeness (QED) is 0.404. The third kappa shape index (κ3) is 5.86. The Hall–Kier alpha value is -1.31. The SMILES string of the molecule is CN=C(NCCC(=O)NC1CCCCC1)N1CCc2ccccc2C1.I. The first-order valence-electron chi connectivity index (χ1n) is 9.58. The molecule has 26 heavy (non-hydrogen) atoms. The van der Waals surface area contributed by atoms with Crippen LogP contribution in [-0.2, 0) is 17.8 Å². The van der Waals surface area contributed by atoms with Gasteiger partial charge in [-0.2, -0.15) is 0 Å². The van der Waals surface area contributed by atoms with Gasteiger partial charge in [-0.15, -0.1) is 24.0 Å². The Bertz CT molecular complexity index is 614. The van der Waals surface area contributed by atoms with Crippen molar-refractivity contribution in [2.24, 2.45) is 4.99 Å². The fourth-order valence-electron chi connectivity index (χ4n) is 3.84. The fourth-order valence-corrected chi connectivity index (χ4v) is 3.84. The molecule has 0 saturated heterocycles. The number of aliphatic imine (C=N–C) groups is 1. The molecule has 1 aromatic rings. The number of halogens is 1. The van der Waals surface area contributed by atoms with Crippen molar-refractivity contribution in [3.63, 3.8) is 0 Å². The van der Waals surface area contributed by atoms with Crippen molar-refractivity contribution >= 4 is 35.8 Å². The van der Waals surface area contributed by atoms with Gasteiger partial charge in [0.2, 0.25) is 5.91 Å². The molecular formula is C20H31IN4O. The smallest absolute Gasteiger partial charge is 0.221 e. The Morgan fingerprint density at radius 3 is 2.65 bits per heavy atom. The van der Waals surface area contributed by atoms with E-state index in [-0.39, 0.29) is 29.9 Å². The maximum Gasteiger partial charge on any atom is 0.221 e. The molecule has 0 unspecified atom stereocenters. The summed E-state index contributed by atoms with van der Waals surface area (Å²) in [5, 5.41) is 6.52. The summed E-state index contributed by atoms with van der Waals surface area (Å²) in [6.07, 6.45) is 7.60. The van der Waals surface area contributed by atoms with Crippen molar-refractivity contribution in [2.75, 3.05) is 20.1 Å². The second kappa shape index (κ2) is 10.7. The molecule has 1 fully saturated rings. The molecule has 3 rings (SSSR count). The average Bonchev–Trinajstić information content (AvgIpc) is 2.66. The van der Waals surface area contributed by atoms with Crippen molar-refractivity contribution in [1.82, 2.24) is 15.5 Å². The van der Waals surface area contributed by atoms with Gasteiger partial charge in [0.05, 0.1) is 0 Å². The molecule has 1 aliphatic carbocycles. The molecular weight excluding hydrogens is 439 g/mol. The zero-order valence-corrected chi connectivity index (χ0v) is 18.0. The molecule has 2 aliphatic rings. The number of guanidine groups is 1. The predicted octanol–water partition coefficient (Wildman–Crippen LogP) is 3.08. The number of carbonyl (C=O) groups is 1. The number of hydrogen-bond acceptors (Lipinski definition) is 2. The minimum absolute atomic E-state index is 0. The number of nitrogens with zero attached hydrogens (tertiary/aromatic N) is 2. The number of nitrogens with one attached hydrogen (secondary N) is 2. The first-order chi connectivity index (χ1) is 12.3. The van der Waals surface area contributed by atoms with E-state index in [0.29, 0.717) is 19.0 Å². The van der Waals surface area contributed by atoms with Gasteiger partial charge in [0.1, 0.15) is 0 Å². The summed E-state index contributed by atoms with van der Waals surface area (Å²) in [6.45, 7) is 2.47. The van der Waals surface area contributed by atoms with Crippen LogP contribution in [0.5, 0.6) is 0 Å². The highest BCUT2D eigenvalue weighted by Crippen LogP contribution is 2.19. The van der Waals surface area contributed by atoms with Crippen LogP contribution in [0.2, 0.25) is 0 Å². The first kappa shape index (κ1) is 21.0. The highest BCUT2D eigenvalue weighted by atomic mass is 127. The molecule has 0 bridgehead atoms. The Balaban J connectivity index is 0.00000243. The Morgan fingerprint density at radius 1 is 1.19 bits per heavy atom. The van der Waals surface area contributed by atoms with Crippen molar-refractivity contribution in [3.05, 3.63) is 35.4 Å². The normalized spacial score (nSPS) is 17.9. The van der Waals surface area contributed by atoms with Crippen molar-refractivity contribution in [2.45, 2.75) is 57.5 Å². The van der Waals surface area contributed by atoms with Gasteiger partial charge in [0.15, 0.2) is 5.96 Å². The number of carbonyl (C=O) groups excluding carboxylic acids is 1. The van der Waals surface area contributed by atoms with Gasteiger partial charge in [0, 0.05) is 39.1 Å². The van der Waals surface area contributed by atoms with Crippen LogP contribution in [0.15, 0.2) is 29.3 Å². The zero-order chi connectivity index (χ0) is 17.5. The fraction of sp³-hybridized carbons (Fsp3) is 0.600. The van der Waals surface area contributed by atoms with Crippen molar-refractivity contribution in [1.29, 1.82) is 0 Å². The standard InChI is InChI=1S/C20H30N4O.HI/c1-21-20(24-14-12-16-7-5-6-8-17(16)15-24)22-13-11-19(25)23-18-9-3-2-4-10-18;/h5-8,18H,2-4,9-15H2,1H3,(H,21,22)(H,23,25);1H. The predicted molar refractivity (Wildman–Crippen MR) is 117 cm³/mol. The van der Waals surface area contributed by atoms with E-state index < -0.39 is 0 Å². The maximum absolute atomic E-state index is 12.1. The van der Waals surface area contributed by atoms with E-state index in [1.165, 1.54) is 30.4 Å². The number of rotatable bonds is 4. The van der Waals surface area contributed by atoms with Gasteiger partial charge in [0.25, 0.3) is 0 Å². The first-order valence-corrected chi connectivity index (χ1v) is 9.58. The van der Waals surface area contributed by atoms with Crippen molar-refractivity contribution in [3.8, 4) is 0 Å². The van der Waals surface area contributed by atoms with E-state index in [4.69, 9.17) is 0 Å². The van der Waals surface area contributed by atoms with Gasteiger partial charge in [-0.05, 0) is 30.4 Å². The lowest BCUT2D eigenvalue weighted by Gasteiger charge is -2.31. The molecule has 1 aromatic carbocycles. The number of benzene rings is 1. The van der Waals surface area contributed by atoms with Gasteiger partial charge >= 0.3 is 0 Å². The third-order valence-electron chi connectivity index (χ3n) is 5.25. The molecule has 0 atom stereocenters. The largest absolute Gasteiger partial charge is 0.356 e. The third-order valence-corrected chi connectivity index (χ3v) is 5.25. The van der Waals surface area contributed by atoms with Crippen LogP contribution in [0.25, 0.3) is 0 Å². The number of fused-ring (bicyclic) bond motifs is 1. The van der Waals surface area contributed by atoms with Crippen LogP contribution >= 0.6 is 24.0 Å². The summed E-state index contributed by atoms with van der Waals surface area (Å²) in [5.41, 5.74) is 2.80. The number of hydrogen-bond donors (Lipinski definition) is 2. The molecule has 1 saturated carbocycles. The molecule has 0 spiro atoms. The van der Waals surface area contributed by atoms with Gasteiger partial charge in [-0.3, -0.25) is 9.79 Å². The van der Waals surface area contributed by atoms with Gasteiger partial charge < -0.3 is 15.5 Å². The lowest BCUT2D eigenvalue weighted by molar-refractivity contribution is -0.121. The molecule has 1 aliphatic heterocycles. The van der Waals surface area contributed by atoms with Crippen LogP contribution in [0, 0.1) is 0 Å². The average molecular weight is 470 g/mol. The lowest BCUT2D eigenvalue weighted by atomic mass is 9.95. The highest BCUT2D eigenvalue weighted by Gasteiger charge is 2.19. The van der Waals surface area contributed by atoms with E-state index in [1.54, 1.807) is 0 Å². The Morgan fingerprint density at radius 2 is 1.92 bits per heavy atom. The van der Waals surface area contributed by atoms with Crippen LogP contribution in [0.1, 0.15) is 49.7 Å². The summed E-state index contributed by atoms with van der Waals surface area (Å²) in [5.74, 6) is 1.04. The summed E-state index contributed by atoms with van der Waals surface area (Å²) in [4.78, 5) is 18.8. The van der Waals surface area contributed by atoms with Crippen LogP contribution in [0.4, 0.5) is 0 Å². The molecule has 144 valence electrons.